The van der Waals surface area contributed by atoms with E-state index in [1.165, 1.54) is 4.68 Å². The average Bonchev–Trinajstić information content (AvgIpc) is 3.04. The summed E-state index contributed by atoms with van der Waals surface area (Å²) in [6, 6.07) is 5.54. The summed E-state index contributed by atoms with van der Waals surface area (Å²) in [6.07, 6.45) is 3.42. The van der Waals surface area contributed by atoms with Crippen molar-refractivity contribution in [2.45, 2.75) is 25.4 Å². The fourth-order valence-electron chi connectivity index (χ4n) is 2.59. The molecule has 1 amide bonds. The fraction of sp³-hybridized carbons (Fsp3) is 0.438. The summed E-state index contributed by atoms with van der Waals surface area (Å²) in [4.78, 5) is 12.1. The van der Waals surface area contributed by atoms with Crippen LogP contribution in [0.2, 0.25) is 5.02 Å². The second-order valence-corrected chi connectivity index (χ2v) is 6.01. The molecule has 1 aliphatic heterocycles. The first kappa shape index (κ1) is 16.7. The predicted octanol–water partition coefficient (Wildman–Crippen LogP) is 1.90. The van der Waals surface area contributed by atoms with Crippen molar-refractivity contribution < 1.29 is 14.3 Å². The maximum atomic E-state index is 12.1. The zero-order valence-electron chi connectivity index (χ0n) is 13.4. The minimum Gasteiger partial charge on any atom is -0.495 e. The number of carbonyl (C=O) groups is 1. The first-order valence-electron chi connectivity index (χ1n) is 7.77. The van der Waals surface area contributed by atoms with Gasteiger partial charge in [0.15, 0.2) is 0 Å². The van der Waals surface area contributed by atoms with Crippen molar-refractivity contribution in [1.82, 2.24) is 20.3 Å². The van der Waals surface area contributed by atoms with Crippen LogP contribution in [0.4, 0.5) is 0 Å². The molecule has 2 aromatic rings. The SMILES string of the molecule is COc1cc(-c2cn(CC(=O)NC3CCOCC3)nn2)ccc1Cl. The van der Waals surface area contributed by atoms with Gasteiger partial charge in [-0.05, 0) is 25.0 Å². The summed E-state index contributed by atoms with van der Waals surface area (Å²) in [6.45, 7) is 1.52. The van der Waals surface area contributed by atoms with E-state index in [4.69, 9.17) is 21.1 Å². The van der Waals surface area contributed by atoms with Gasteiger partial charge in [0.1, 0.15) is 18.0 Å². The number of aromatic nitrogens is 3. The lowest BCUT2D eigenvalue weighted by Crippen LogP contribution is -2.40. The number of carbonyl (C=O) groups excluding carboxylic acids is 1. The number of halogens is 1. The Hall–Kier alpha value is -2.12. The Morgan fingerprint density at radius 1 is 1.46 bits per heavy atom. The molecule has 1 N–H and O–H groups in total. The summed E-state index contributed by atoms with van der Waals surface area (Å²) in [5.74, 6) is 0.494. The Morgan fingerprint density at radius 3 is 3.00 bits per heavy atom. The largest absolute Gasteiger partial charge is 0.495 e. The molecule has 1 saturated heterocycles. The summed E-state index contributed by atoms with van der Waals surface area (Å²) in [7, 11) is 1.56. The number of ether oxygens (including phenoxy) is 2. The number of nitrogens with zero attached hydrogens (tertiary/aromatic N) is 3. The molecule has 1 aliphatic rings. The zero-order chi connectivity index (χ0) is 16.9. The van der Waals surface area contributed by atoms with Crippen LogP contribution in [0.5, 0.6) is 5.75 Å². The van der Waals surface area contributed by atoms with E-state index in [0.29, 0.717) is 29.7 Å². The van der Waals surface area contributed by atoms with Gasteiger partial charge < -0.3 is 14.8 Å². The van der Waals surface area contributed by atoms with Gasteiger partial charge in [0.05, 0.1) is 18.3 Å². The number of hydrogen-bond donors (Lipinski definition) is 1. The lowest BCUT2D eigenvalue weighted by molar-refractivity contribution is -0.123. The molecule has 0 unspecified atom stereocenters. The van der Waals surface area contributed by atoms with Gasteiger partial charge >= 0.3 is 0 Å². The normalized spacial score (nSPS) is 15.2. The molecule has 1 fully saturated rings. The third-order valence-electron chi connectivity index (χ3n) is 3.88. The van der Waals surface area contributed by atoms with Crippen molar-refractivity contribution in [3.8, 4) is 17.0 Å². The molecule has 0 atom stereocenters. The molecule has 0 aliphatic carbocycles. The second-order valence-electron chi connectivity index (χ2n) is 5.60. The highest BCUT2D eigenvalue weighted by atomic mass is 35.5. The Balaban J connectivity index is 1.63. The van der Waals surface area contributed by atoms with Crippen molar-refractivity contribution in [1.29, 1.82) is 0 Å². The van der Waals surface area contributed by atoms with Gasteiger partial charge in [0, 0.05) is 24.8 Å². The molecule has 1 aromatic carbocycles. The Kier molecular flexibility index (Phi) is 5.32. The van der Waals surface area contributed by atoms with Crippen molar-refractivity contribution in [2.75, 3.05) is 20.3 Å². The standard InChI is InChI=1S/C16H19ClN4O3/c1-23-15-8-11(2-3-13(15)17)14-9-21(20-19-14)10-16(22)18-12-4-6-24-7-5-12/h2-3,8-9,12H,4-7,10H2,1H3,(H,18,22). The van der Waals surface area contributed by atoms with Crippen LogP contribution in [0.15, 0.2) is 24.4 Å². The minimum absolute atomic E-state index is 0.0768. The van der Waals surface area contributed by atoms with Crippen LogP contribution in [0.25, 0.3) is 11.3 Å². The molecule has 24 heavy (non-hydrogen) atoms. The van der Waals surface area contributed by atoms with Crippen LogP contribution in [0.3, 0.4) is 0 Å². The van der Waals surface area contributed by atoms with Gasteiger partial charge in [-0.2, -0.15) is 0 Å². The van der Waals surface area contributed by atoms with Crippen molar-refractivity contribution in [2.24, 2.45) is 0 Å². The molecule has 8 heteroatoms. The van der Waals surface area contributed by atoms with E-state index < -0.39 is 0 Å². The first-order chi connectivity index (χ1) is 11.7. The van der Waals surface area contributed by atoms with Crippen LogP contribution in [0.1, 0.15) is 12.8 Å². The Bertz CT molecular complexity index is 713. The van der Waals surface area contributed by atoms with E-state index in [1.54, 1.807) is 25.4 Å². The molecule has 1 aromatic heterocycles. The molecule has 0 saturated carbocycles. The Labute approximate surface area is 144 Å². The molecule has 128 valence electrons. The lowest BCUT2D eigenvalue weighted by Gasteiger charge is -2.22. The molecule has 0 radical (unpaired) electrons. The van der Waals surface area contributed by atoms with E-state index in [-0.39, 0.29) is 18.5 Å². The molecule has 0 bridgehead atoms. The average molecular weight is 351 g/mol. The molecule has 3 rings (SSSR count). The van der Waals surface area contributed by atoms with Crippen LogP contribution >= 0.6 is 11.6 Å². The fourth-order valence-corrected chi connectivity index (χ4v) is 2.78. The maximum Gasteiger partial charge on any atom is 0.242 e. The van der Waals surface area contributed by atoms with Crippen LogP contribution < -0.4 is 10.1 Å². The number of rotatable bonds is 5. The minimum atomic E-state index is -0.0768. The number of methoxy groups -OCH3 is 1. The second kappa shape index (κ2) is 7.63. The lowest BCUT2D eigenvalue weighted by atomic mass is 10.1. The number of benzene rings is 1. The third-order valence-corrected chi connectivity index (χ3v) is 4.19. The van der Waals surface area contributed by atoms with Gasteiger partial charge in [0.25, 0.3) is 0 Å². The van der Waals surface area contributed by atoms with Gasteiger partial charge in [-0.15, -0.1) is 5.10 Å². The highest BCUT2D eigenvalue weighted by Gasteiger charge is 2.17. The van der Waals surface area contributed by atoms with Crippen LogP contribution in [0, 0.1) is 0 Å². The summed E-state index contributed by atoms with van der Waals surface area (Å²) >= 11 is 6.02. The number of hydrogen-bond acceptors (Lipinski definition) is 5. The van der Waals surface area contributed by atoms with Gasteiger partial charge in [-0.25, -0.2) is 4.68 Å². The smallest absolute Gasteiger partial charge is 0.242 e. The quantitative estimate of drug-likeness (QED) is 0.891. The van der Waals surface area contributed by atoms with E-state index in [2.05, 4.69) is 15.6 Å². The summed E-state index contributed by atoms with van der Waals surface area (Å²) in [5.41, 5.74) is 1.48. The van der Waals surface area contributed by atoms with E-state index in [0.717, 1.165) is 18.4 Å². The van der Waals surface area contributed by atoms with Gasteiger partial charge in [-0.3, -0.25) is 4.79 Å². The van der Waals surface area contributed by atoms with Crippen molar-refractivity contribution in [3.63, 3.8) is 0 Å². The molecule has 0 spiro atoms. The molecular weight excluding hydrogens is 332 g/mol. The number of amides is 1. The summed E-state index contributed by atoms with van der Waals surface area (Å²) in [5, 5.41) is 11.6. The third kappa shape index (κ3) is 4.04. The monoisotopic (exact) mass is 350 g/mol. The molecule has 7 nitrogen and oxygen atoms in total. The molecule has 2 heterocycles. The molecular formula is C16H19ClN4O3. The van der Waals surface area contributed by atoms with Crippen molar-refractivity contribution in [3.05, 3.63) is 29.4 Å². The van der Waals surface area contributed by atoms with Gasteiger partial charge in [-0.1, -0.05) is 22.9 Å². The van der Waals surface area contributed by atoms with Crippen molar-refractivity contribution >= 4 is 17.5 Å². The highest BCUT2D eigenvalue weighted by molar-refractivity contribution is 6.32. The topological polar surface area (TPSA) is 78.3 Å². The maximum absolute atomic E-state index is 12.1. The summed E-state index contributed by atoms with van der Waals surface area (Å²) < 4.78 is 12.0. The van der Waals surface area contributed by atoms with Crippen LogP contribution in [-0.2, 0) is 16.1 Å². The van der Waals surface area contributed by atoms with E-state index in [9.17, 15) is 4.79 Å². The number of nitrogens with one attached hydrogen (secondary N) is 1. The highest BCUT2D eigenvalue weighted by Crippen LogP contribution is 2.29. The van der Waals surface area contributed by atoms with Gasteiger partial charge in [0.2, 0.25) is 5.91 Å². The Morgan fingerprint density at radius 2 is 2.25 bits per heavy atom. The van der Waals surface area contributed by atoms with E-state index >= 15 is 0 Å². The van der Waals surface area contributed by atoms with E-state index in [1.807, 2.05) is 6.07 Å². The van der Waals surface area contributed by atoms with Crippen LogP contribution in [-0.4, -0.2) is 47.3 Å². The zero-order valence-corrected chi connectivity index (χ0v) is 14.1. The predicted molar refractivity (Wildman–Crippen MR) is 89.0 cm³/mol. The first-order valence-corrected chi connectivity index (χ1v) is 8.14.